The van der Waals surface area contributed by atoms with Gasteiger partial charge in [0.2, 0.25) is 10.0 Å². The van der Waals surface area contributed by atoms with Gasteiger partial charge in [-0.2, -0.15) is 4.31 Å². The van der Waals surface area contributed by atoms with E-state index in [1.807, 2.05) is 6.92 Å². The summed E-state index contributed by atoms with van der Waals surface area (Å²) in [5.74, 6) is -0.767. The minimum Gasteiger partial charge on any atom is -0.322 e. The van der Waals surface area contributed by atoms with E-state index in [9.17, 15) is 17.6 Å². The van der Waals surface area contributed by atoms with Gasteiger partial charge in [-0.3, -0.25) is 4.79 Å². The highest BCUT2D eigenvalue weighted by Gasteiger charge is 2.30. The van der Waals surface area contributed by atoms with E-state index in [1.54, 1.807) is 0 Å². The molecule has 1 saturated heterocycles. The summed E-state index contributed by atoms with van der Waals surface area (Å²) in [6, 6.07) is 11.3. The minimum atomic E-state index is -3.56. The Balaban J connectivity index is 1.75. The first-order valence-electron chi connectivity index (χ1n) is 8.57. The van der Waals surface area contributed by atoms with Crippen molar-refractivity contribution in [1.82, 2.24) is 4.31 Å². The second-order valence-electron chi connectivity index (χ2n) is 6.45. The van der Waals surface area contributed by atoms with Gasteiger partial charge in [-0.25, -0.2) is 12.8 Å². The summed E-state index contributed by atoms with van der Waals surface area (Å²) in [5.41, 5.74) is 0.801. The third-order valence-electron chi connectivity index (χ3n) is 4.57. The molecule has 0 spiro atoms. The van der Waals surface area contributed by atoms with E-state index < -0.39 is 10.0 Å². The zero-order valence-corrected chi connectivity index (χ0v) is 15.3. The quantitative estimate of drug-likeness (QED) is 0.886. The Kier molecular flexibility index (Phi) is 5.38. The summed E-state index contributed by atoms with van der Waals surface area (Å²) in [6.07, 6.45) is 2.76. The average Bonchev–Trinajstić information content (AvgIpc) is 2.64. The first-order valence-corrected chi connectivity index (χ1v) is 10.0. The van der Waals surface area contributed by atoms with Crippen LogP contribution in [-0.2, 0) is 10.0 Å². The van der Waals surface area contributed by atoms with Crippen LogP contribution < -0.4 is 5.32 Å². The summed E-state index contributed by atoms with van der Waals surface area (Å²) in [7, 11) is -3.56. The van der Waals surface area contributed by atoms with Crippen molar-refractivity contribution in [3.63, 3.8) is 0 Å². The molecule has 1 heterocycles. The molecule has 138 valence electrons. The molecule has 1 N–H and O–H groups in total. The van der Waals surface area contributed by atoms with Crippen LogP contribution in [0.5, 0.6) is 0 Å². The maximum atomic E-state index is 12.9. The molecule has 1 aliphatic rings. The van der Waals surface area contributed by atoms with Crippen LogP contribution >= 0.6 is 0 Å². The van der Waals surface area contributed by atoms with Gasteiger partial charge in [0.05, 0.1) is 4.90 Å². The standard InChI is InChI=1S/C19H21FN2O3S/c1-14-4-2-3-13-22(14)26(24,25)18-11-5-15(6-12-18)19(23)21-17-9-7-16(20)8-10-17/h5-12,14H,2-4,13H2,1H3,(H,21,23)/t14-/m1/s1. The van der Waals surface area contributed by atoms with Gasteiger partial charge in [-0.05, 0) is 68.3 Å². The fourth-order valence-electron chi connectivity index (χ4n) is 3.08. The molecule has 1 amide bonds. The molecule has 0 saturated carbocycles. The van der Waals surface area contributed by atoms with Gasteiger partial charge in [-0.15, -0.1) is 0 Å². The van der Waals surface area contributed by atoms with Crippen LogP contribution in [0.2, 0.25) is 0 Å². The number of sulfonamides is 1. The lowest BCUT2D eigenvalue weighted by molar-refractivity contribution is 0.102. The molecule has 0 bridgehead atoms. The van der Waals surface area contributed by atoms with E-state index in [1.165, 1.54) is 52.8 Å². The van der Waals surface area contributed by atoms with E-state index in [4.69, 9.17) is 0 Å². The van der Waals surface area contributed by atoms with Crippen LogP contribution in [-0.4, -0.2) is 31.2 Å². The van der Waals surface area contributed by atoms with Gasteiger partial charge in [0.15, 0.2) is 0 Å². The maximum Gasteiger partial charge on any atom is 0.255 e. The molecule has 1 fully saturated rings. The van der Waals surface area contributed by atoms with Gasteiger partial charge in [0.25, 0.3) is 5.91 Å². The Labute approximate surface area is 152 Å². The fraction of sp³-hybridized carbons (Fsp3) is 0.316. The van der Waals surface area contributed by atoms with Crippen molar-refractivity contribution in [2.24, 2.45) is 0 Å². The van der Waals surface area contributed by atoms with Gasteiger partial charge in [-0.1, -0.05) is 6.42 Å². The van der Waals surface area contributed by atoms with Crippen molar-refractivity contribution in [3.8, 4) is 0 Å². The Hall–Kier alpha value is -2.25. The largest absolute Gasteiger partial charge is 0.322 e. The Morgan fingerprint density at radius 2 is 1.73 bits per heavy atom. The number of anilines is 1. The molecule has 1 aliphatic heterocycles. The number of carbonyl (C=O) groups is 1. The molecule has 0 radical (unpaired) electrons. The van der Waals surface area contributed by atoms with E-state index in [0.717, 1.165) is 19.3 Å². The molecular weight excluding hydrogens is 355 g/mol. The fourth-order valence-corrected chi connectivity index (χ4v) is 4.78. The molecular formula is C19H21FN2O3S. The van der Waals surface area contributed by atoms with Crippen LogP contribution in [0, 0.1) is 5.82 Å². The van der Waals surface area contributed by atoms with Gasteiger partial charge in [0, 0.05) is 23.8 Å². The molecule has 26 heavy (non-hydrogen) atoms. The van der Waals surface area contributed by atoms with Crippen LogP contribution in [0.3, 0.4) is 0 Å². The number of carbonyl (C=O) groups excluding carboxylic acids is 1. The number of nitrogens with one attached hydrogen (secondary N) is 1. The van der Waals surface area contributed by atoms with Crippen LogP contribution in [0.25, 0.3) is 0 Å². The predicted octanol–water partition coefficient (Wildman–Crippen LogP) is 3.64. The summed E-state index contributed by atoms with van der Waals surface area (Å²) < 4.78 is 40.0. The highest BCUT2D eigenvalue weighted by atomic mass is 32.2. The maximum absolute atomic E-state index is 12.9. The zero-order chi connectivity index (χ0) is 18.7. The Morgan fingerprint density at radius 1 is 1.08 bits per heavy atom. The molecule has 2 aromatic rings. The van der Waals surface area contributed by atoms with E-state index >= 15 is 0 Å². The highest BCUT2D eigenvalue weighted by molar-refractivity contribution is 7.89. The topological polar surface area (TPSA) is 66.5 Å². The number of amides is 1. The molecule has 0 unspecified atom stereocenters. The SMILES string of the molecule is C[C@@H]1CCCCN1S(=O)(=O)c1ccc(C(=O)Nc2ccc(F)cc2)cc1. The predicted molar refractivity (Wildman–Crippen MR) is 98.0 cm³/mol. The van der Waals surface area contributed by atoms with Crippen LogP contribution in [0.15, 0.2) is 53.4 Å². The van der Waals surface area contributed by atoms with Crippen LogP contribution in [0.1, 0.15) is 36.5 Å². The molecule has 0 aliphatic carbocycles. The summed E-state index contributed by atoms with van der Waals surface area (Å²) in [5, 5.41) is 2.65. The number of rotatable bonds is 4. The van der Waals surface area contributed by atoms with Crippen molar-refractivity contribution >= 4 is 21.6 Å². The second-order valence-corrected chi connectivity index (χ2v) is 8.34. The van der Waals surface area contributed by atoms with E-state index in [0.29, 0.717) is 17.8 Å². The van der Waals surface area contributed by atoms with Gasteiger partial charge < -0.3 is 5.32 Å². The lowest BCUT2D eigenvalue weighted by atomic mass is 10.1. The molecule has 7 heteroatoms. The van der Waals surface area contributed by atoms with Crippen molar-refractivity contribution in [3.05, 3.63) is 59.9 Å². The lowest BCUT2D eigenvalue weighted by Crippen LogP contribution is -2.41. The zero-order valence-electron chi connectivity index (χ0n) is 14.5. The minimum absolute atomic E-state index is 0.0183. The Bertz CT molecular complexity index is 880. The molecule has 5 nitrogen and oxygen atoms in total. The number of hydrogen-bond donors (Lipinski definition) is 1. The second kappa shape index (κ2) is 7.55. The third-order valence-corrected chi connectivity index (χ3v) is 6.60. The highest BCUT2D eigenvalue weighted by Crippen LogP contribution is 2.25. The number of piperidine rings is 1. The van der Waals surface area contributed by atoms with Crippen molar-refractivity contribution in [2.75, 3.05) is 11.9 Å². The van der Waals surface area contributed by atoms with E-state index in [2.05, 4.69) is 5.32 Å². The van der Waals surface area contributed by atoms with Crippen molar-refractivity contribution in [1.29, 1.82) is 0 Å². The van der Waals surface area contributed by atoms with Crippen LogP contribution in [0.4, 0.5) is 10.1 Å². The van der Waals surface area contributed by atoms with E-state index in [-0.39, 0.29) is 22.7 Å². The van der Waals surface area contributed by atoms with Crippen molar-refractivity contribution in [2.45, 2.75) is 37.1 Å². The normalized spacial score (nSPS) is 18.5. The molecule has 0 aromatic heterocycles. The lowest BCUT2D eigenvalue weighted by Gasteiger charge is -2.32. The smallest absolute Gasteiger partial charge is 0.255 e. The summed E-state index contributed by atoms with van der Waals surface area (Å²) in [6.45, 7) is 2.44. The van der Waals surface area contributed by atoms with Gasteiger partial charge in [0.1, 0.15) is 5.82 Å². The molecule has 2 aromatic carbocycles. The molecule has 1 atom stereocenters. The average molecular weight is 376 g/mol. The molecule has 3 rings (SSSR count). The number of nitrogens with zero attached hydrogens (tertiary/aromatic N) is 1. The summed E-state index contributed by atoms with van der Waals surface area (Å²) in [4.78, 5) is 12.4. The third kappa shape index (κ3) is 3.94. The Morgan fingerprint density at radius 3 is 2.35 bits per heavy atom. The first-order chi connectivity index (χ1) is 12.4. The number of benzene rings is 2. The first kappa shape index (κ1) is 18.5. The monoisotopic (exact) mass is 376 g/mol. The van der Waals surface area contributed by atoms with Gasteiger partial charge >= 0.3 is 0 Å². The summed E-state index contributed by atoms with van der Waals surface area (Å²) >= 11 is 0. The number of hydrogen-bond acceptors (Lipinski definition) is 3. The number of halogens is 1. The van der Waals surface area contributed by atoms with Crippen molar-refractivity contribution < 1.29 is 17.6 Å².